The maximum atomic E-state index is 12.6. The third-order valence-corrected chi connectivity index (χ3v) is 4.64. The van der Waals surface area contributed by atoms with Crippen LogP contribution in [0.3, 0.4) is 0 Å². The molecule has 0 amide bonds. The van der Waals surface area contributed by atoms with Crippen molar-refractivity contribution in [1.82, 2.24) is 0 Å². The van der Waals surface area contributed by atoms with Crippen LogP contribution in [0.2, 0.25) is 0 Å². The lowest BCUT2D eigenvalue weighted by atomic mass is 9.75. The van der Waals surface area contributed by atoms with Gasteiger partial charge in [-0.2, -0.15) is 0 Å². The molecule has 1 saturated carbocycles. The van der Waals surface area contributed by atoms with Crippen LogP contribution in [-0.4, -0.2) is 18.0 Å². The summed E-state index contributed by atoms with van der Waals surface area (Å²) in [4.78, 5) is 12.6. The molecule has 0 aromatic heterocycles. The molecule has 2 nitrogen and oxygen atoms in total. The van der Waals surface area contributed by atoms with Gasteiger partial charge in [0.15, 0.2) is 5.78 Å². The summed E-state index contributed by atoms with van der Waals surface area (Å²) in [7, 11) is 0. The van der Waals surface area contributed by atoms with Gasteiger partial charge < -0.3 is 4.74 Å². The van der Waals surface area contributed by atoms with E-state index >= 15 is 0 Å². The normalized spacial score (nSPS) is 28.6. The minimum atomic E-state index is -0.441. The molecular formula is C16H30O2. The fourth-order valence-corrected chi connectivity index (χ4v) is 3.03. The molecule has 1 rings (SSSR count). The quantitative estimate of drug-likeness (QED) is 0.674. The molecule has 0 heterocycles. The van der Waals surface area contributed by atoms with Crippen molar-refractivity contribution in [3.8, 4) is 0 Å². The van der Waals surface area contributed by atoms with E-state index in [1.54, 1.807) is 0 Å². The third-order valence-electron chi connectivity index (χ3n) is 4.64. The average molecular weight is 254 g/mol. The predicted octanol–water partition coefficient (Wildman–Crippen LogP) is 4.37. The van der Waals surface area contributed by atoms with E-state index in [9.17, 15) is 4.79 Å². The summed E-state index contributed by atoms with van der Waals surface area (Å²) < 4.78 is 5.92. The zero-order valence-corrected chi connectivity index (χ0v) is 12.6. The lowest BCUT2D eigenvalue weighted by molar-refractivity contribution is -0.151. The first-order chi connectivity index (χ1) is 8.57. The van der Waals surface area contributed by atoms with Gasteiger partial charge in [0.05, 0.1) is 0 Å². The Kier molecular flexibility index (Phi) is 6.34. The lowest BCUT2D eigenvalue weighted by Crippen LogP contribution is -2.45. The number of hydrogen-bond acceptors (Lipinski definition) is 2. The SMILES string of the molecule is CCOC1(C(=O)CC(CC)CC)CCC(C)CC1. The van der Waals surface area contributed by atoms with E-state index in [0.29, 0.717) is 24.7 Å². The van der Waals surface area contributed by atoms with Crippen molar-refractivity contribution < 1.29 is 9.53 Å². The van der Waals surface area contributed by atoms with Crippen LogP contribution in [-0.2, 0) is 9.53 Å². The lowest BCUT2D eigenvalue weighted by Gasteiger charge is -2.38. The third kappa shape index (κ3) is 3.81. The zero-order valence-electron chi connectivity index (χ0n) is 12.6. The van der Waals surface area contributed by atoms with Crippen LogP contribution in [0.5, 0.6) is 0 Å². The van der Waals surface area contributed by atoms with Crippen LogP contribution in [0.15, 0.2) is 0 Å². The summed E-state index contributed by atoms with van der Waals surface area (Å²) >= 11 is 0. The Morgan fingerprint density at radius 3 is 2.22 bits per heavy atom. The van der Waals surface area contributed by atoms with Crippen molar-refractivity contribution >= 4 is 5.78 Å². The molecule has 0 spiro atoms. The molecule has 0 bridgehead atoms. The van der Waals surface area contributed by atoms with Gasteiger partial charge >= 0.3 is 0 Å². The van der Waals surface area contributed by atoms with E-state index in [4.69, 9.17) is 4.74 Å². The smallest absolute Gasteiger partial charge is 0.164 e. The fraction of sp³-hybridized carbons (Fsp3) is 0.938. The molecule has 106 valence electrons. The molecule has 1 aliphatic carbocycles. The van der Waals surface area contributed by atoms with Gasteiger partial charge in [-0.3, -0.25) is 4.79 Å². The van der Waals surface area contributed by atoms with Crippen LogP contribution < -0.4 is 0 Å². The minimum Gasteiger partial charge on any atom is -0.368 e. The predicted molar refractivity (Wildman–Crippen MR) is 75.7 cm³/mol. The van der Waals surface area contributed by atoms with Crippen molar-refractivity contribution in [2.75, 3.05) is 6.61 Å². The van der Waals surface area contributed by atoms with Crippen molar-refractivity contribution in [3.63, 3.8) is 0 Å². The highest BCUT2D eigenvalue weighted by Gasteiger charge is 2.41. The van der Waals surface area contributed by atoms with Crippen LogP contribution >= 0.6 is 0 Å². The molecule has 18 heavy (non-hydrogen) atoms. The number of rotatable bonds is 7. The van der Waals surface area contributed by atoms with Crippen molar-refractivity contribution in [2.24, 2.45) is 11.8 Å². The summed E-state index contributed by atoms with van der Waals surface area (Å²) in [6, 6.07) is 0. The second-order valence-corrected chi connectivity index (χ2v) is 5.92. The summed E-state index contributed by atoms with van der Waals surface area (Å²) in [5.74, 6) is 1.65. The maximum absolute atomic E-state index is 12.6. The molecule has 0 saturated heterocycles. The fourth-order valence-electron chi connectivity index (χ4n) is 3.03. The number of carbonyl (C=O) groups is 1. The van der Waals surface area contributed by atoms with E-state index in [1.165, 1.54) is 0 Å². The second-order valence-electron chi connectivity index (χ2n) is 5.92. The highest BCUT2D eigenvalue weighted by molar-refractivity contribution is 5.87. The monoisotopic (exact) mass is 254 g/mol. The molecule has 0 N–H and O–H groups in total. The molecule has 0 aliphatic heterocycles. The number of ether oxygens (including phenoxy) is 1. The maximum Gasteiger partial charge on any atom is 0.164 e. The molecule has 2 heteroatoms. The van der Waals surface area contributed by atoms with Gasteiger partial charge in [0.25, 0.3) is 0 Å². The Morgan fingerprint density at radius 1 is 1.22 bits per heavy atom. The summed E-state index contributed by atoms with van der Waals surface area (Å²) in [6.45, 7) is 9.30. The van der Waals surface area contributed by atoms with E-state index < -0.39 is 5.60 Å². The minimum absolute atomic E-state index is 0.366. The van der Waals surface area contributed by atoms with Gasteiger partial charge in [-0.15, -0.1) is 0 Å². The average Bonchev–Trinajstić information content (AvgIpc) is 2.38. The van der Waals surface area contributed by atoms with E-state index in [-0.39, 0.29) is 0 Å². The first-order valence-electron chi connectivity index (χ1n) is 7.75. The summed E-state index contributed by atoms with van der Waals surface area (Å²) in [5.41, 5.74) is -0.441. The first-order valence-corrected chi connectivity index (χ1v) is 7.75. The number of Topliss-reactive ketones (excluding diaryl/α,β-unsaturated/α-hetero) is 1. The van der Waals surface area contributed by atoms with Crippen molar-refractivity contribution in [3.05, 3.63) is 0 Å². The number of ketones is 1. The summed E-state index contributed by atoms with van der Waals surface area (Å²) in [6.07, 6.45) is 7.04. The van der Waals surface area contributed by atoms with Crippen molar-refractivity contribution in [1.29, 1.82) is 0 Å². The van der Waals surface area contributed by atoms with E-state index in [2.05, 4.69) is 20.8 Å². The Hall–Kier alpha value is -0.370. The number of hydrogen-bond donors (Lipinski definition) is 0. The molecule has 0 aromatic rings. The largest absolute Gasteiger partial charge is 0.368 e. The first kappa shape index (κ1) is 15.7. The van der Waals surface area contributed by atoms with Crippen LogP contribution in [0.4, 0.5) is 0 Å². The highest BCUT2D eigenvalue weighted by Crippen LogP contribution is 2.37. The van der Waals surface area contributed by atoms with Gasteiger partial charge in [0.2, 0.25) is 0 Å². The topological polar surface area (TPSA) is 26.3 Å². The zero-order chi connectivity index (χ0) is 13.6. The molecule has 1 aliphatic rings. The molecule has 0 unspecified atom stereocenters. The standard InChI is InChI=1S/C16H30O2/c1-5-14(6-2)12-15(17)16(18-7-3)10-8-13(4)9-11-16/h13-14H,5-12H2,1-4H3. The van der Waals surface area contributed by atoms with Gasteiger partial charge in [-0.05, 0) is 44.4 Å². The highest BCUT2D eigenvalue weighted by atomic mass is 16.5. The van der Waals surface area contributed by atoms with Crippen LogP contribution in [0.1, 0.15) is 72.6 Å². The second kappa shape index (κ2) is 7.28. The molecule has 1 fully saturated rings. The van der Waals surface area contributed by atoms with Crippen LogP contribution in [0, 0.1) is 11.8 Å². The van der Waals surface area contributed by atoms with Gasteiger partial charge in [-0.1, -0.05) is 33.6 Å². The van der Waals surface area contributed by atoms with Gasteiger partial charge in [-0.25, -0.2) is 0 Å². The summed E-state index contributed by atoms with van der Waals surface area (Å²) in [5, 5.41) is 0. The van der Waals surface area contributed by atoms with Gasteiger partial charge in [0, 0.05) is 13.0 Å². The van der Waals surface area contributed by atoms with E-state index in [1.807, 2.05) is 6.92 Å². The Labute approximate surface area is 112 Å². The Morgan fingerprint density at radius 2 is 1.78 bits per heavy atom. The Bertz CT molecular complexity index is 248. The number of carbonyl (C=O) groups excluding carboxylic acids is 1. The molecule has 0 aromatic carbocycles. The van der Waals surface area contributed by atoms with Crippen molar-refractivity contribution in [2.45, 2.75) is 78.2 Å². The molecular weight excluding hydrogens is 224 g/mol. The van der Waals surface area contributed by atoms with Crippen LogP contribution in [0.25, 0.3) is 0 Å². The molecule has 0 radical (unpaired) electrons. The molecule has 0 atom stereocenters. The van der Waals surface area contributed by atoms with E-state index in [0.717, 1.165) is 44.4 Å². The van der Waals surface area contributed by atoms with Gasteiger partial charge in [0.1, 0.15) is 5.60 Å². The Balaban J connectivity index is 2.68.